The molecule has 2 rings (SSSR count). The van der Waals surface area contributed by atoms with Gasteiger partial charge >= 0.3 is 0 Å². The molecular weight excluding hydrogens is 283 g/mol. The molecule has 0 saturated heterocycles. The van der Waals surface area contributed by atoms with Gasteiger partial charge in [0.1, 0.15) is 54.3 Å². The van der Waals surface area contributed by atoms with Gasteiger partial charge in [-0.3, -0.25) is 0 Å². The summed E-state index contributed by atoms with van der Waals surface area (Å²) in [5.41, 5.74) is 1.92. The van der Waals surface area contributed by atoms with Crippen molar-refractivity contribution in [1.29, 1.82) is 21.0 Å². The van der Waals surface area contributed by atoms with Crippen molar-refractivity contribution in [2.45, 2.75) is 6.92 Å². The van der Waals surface area contributed by atoms with Crippen LogP contribution in [0.25, 0.3) is 22.2 Å². The maximum absolute atomic E-state index is 9.10. The molecule has 0 fully saturated rings. The normalized spacial score (nSPS) is 9.19. The van der Waals surface area contributed by atoms with Gasteiger partial charge in [0.25, 0.3) is 0 Å². The zero-order valence-electron chi connectivity index (χ0n) is 11.1. The van der Waals surface area contributed by atoms with Crippen molar-refractivity contribution in [3.63, 3.8) is 0 Å². The largest absolute Gasteiger partial charge is 0.192 e. The van der Waals surface area contributed by atoms with E-state index in [1.54, 1.807) is 14.8 Å². The molecule has 0 spiro atoms. The van der Waals surface area contributed by atoms with E-state index in [9.17, 15) is 0 Å². The van der Waals surface area contributed by atoms with Crippen molar-refractivity contribution < 1.29 is 0 Å². The van der Waals surface area contributed by atoms with Gasteiger partial charge in [-0.1, -0.05) is 5.46 Å². The van der Waals surface area contributed by atoms with Crippen LogP contribution in [0.5, 0.6) is 0 Å². The van der Waals surface area contributed by atoms with Gasteiger partial charge in [-0.05, 0) is 12.5 Å². The Labute approximate surface area is 124 Å². The van der Waals surface area contributed by atoms with Crippen LogP contribution in [0.1, 0.15) is 5.56 Å². The number of aromatic nitrogens is 2. The molecule has 6 nitrogen and oxygen atoms in total. The first-order chi connectivity index (χ1) is 10.1. The Morgan fingerprint density at radius 3 is 1.81 bits per heavy atom. The van der Waals surface area contributed by atoms with Crippen molar-refractivity contribution in [1.82, 2.24) is 8.75 Å². The van der Waals surface area contributed by atoms with Crippen molar-refractivity contribution >= 4 is 47.2 Å². The molecule has 0 saturated carbocycles. The lowest BCUT2D eigenvalue weighted by molar-refractivity contribution is 1.41. The summed E-state index contributed by atoms with van der Waals surface area (Å²) in [5.74, 6) is 0. The number of benzene rings is 1. The molecule has 0 aliphatic rings. The molecule has 1 aromatic heterocycles. The third-order valence-electron chi connectivity index (χ3n) is 3.22. The van der Waals surface area contributed by atoms with Crippen LogP contribution in [-0.2, 0) is 0 Å². The number of nitriles is 4. The molecular formula is C13H5BN6S. The number of fused-ring (bicyclic) bond motifs is 1. The first-order valence-electron chi connectivity index (χ1n) is 5.71. The third-order valence-corrected chi connectivity index (χ3v) is 3.75. The lowest BCUT2D eigenvalue weighted by atomic mass is 9.84. The molecule has 0 aliphatic carbocycles. The van der Waals surface area contributed by atoms with E-state index in [0.29, 0.717) is 32.5 Å². The lowest BCUT2D eigenvalue weighted by Crippen LogP contribution is -2.37. The van der Waals surface area contributed by atoms with Crippen LogP contribution >= 0.6 is 11.7 Å². The molecule has 1 heterocycles. The van der Waals surface area contributed by atoms with E-state index >= 15 is 0 Å². The summed E-state index contributed by atoms with van der Waals surface area (Å²) >= 11 is 0.911. The van der Waals surface area contributed by atoms with Gasteiger partial charge in [-0.25, -0.2) is 0 Å². The minimum absolute atomic E-state index is 0.0599. The van der Waals surface area contributed by atoms with E-state index in [2.05, 4.69) is 8.75 Å². The van der Waals surface area contributed by atoms with Crippen molar-refractivity contribution in [3.8, 4) is 24.3 Å². The molecule has 0 unspecified atom stereocenters. The monoisotopic (exact) mass is 288 g/mol. The Bertz CT molecular complexity index is 936. The fraction of sp³-hybridized carbons (Fsp3) is 0.0769. The van der Waals surface area contributed by atoms with E-state index in [0.717, 1.165) is 11.7 Å². The second kappa shape index (κ2) is 5.43. The highest BCUT2D eigenvalue weighted by molar-refractivity contribution is 7.00. The van der Waals surface area contributed by atoms with Crippen LogP contribution in [-0.4, -0.2) is 16.6 Å². The molecule has 1 aromatic carbocycles. The average molecular weight is 288 g/mol. The van der Waals surface area contributed by atoms with Gasteiger partial charge in [-0.2, -0.15) is 29.8 Å². The molecule has 0 radical (unpaired) electrons. The van der Waals surface area contributed by atoms with Gasteiger partial charge in [0, 0.05) is 10.4 Å². The standard InChI is InChI=1S/C13H5BN6S/c1-6-9(7(2-15)3-16)12-13(20-21-19-12)10(11(6)14)8(4-17)5-18/h14H2,1H3. The second-order valence-corrected chi connectivity index (χ2v) is 4.69. The topological polar surface area (TPSA) is 121 Å². The summed E-state index contributed by atoms with van der Waals surface area (Å²) in [4.78, 5) is 0. The molecule has 2 aromatic rings. The van der Waals surface area contributed by atoms with Crippen LogP contribution in [0, 0.1) is 52.2 Å². The van der Waals surface area contributed by atoms with Crippen LogP contribution < -0.4 is 15.9 Å². The number of hydrogen-bond donors (Lipinski definition) is 0. The zero-order chi connectivity index (χ0) is 15.6. The highest BCUT2D eigenvalue weighted by Crippen LogP contribution is 2.06. The summed E-state index contributed by atoms with van der Waals surface area (Å²) in [6.45, 7) is 1.73. The van der Waals surface area contributed by atoms with Gasteiger partial charge in [0.05, 0.1) is 11.7 Å². The van der Waals surface area contributed by atoms with Crippen molar-refractivity contribution in [2.75, 3.05) is 0 Å². The highest BCUT2D eigenvalue weighted by Gasteiger charge is 2.15. The molecule has 21 heavy (non-hydrogen) atoms. The van der Waals surface area contributed by atoms with Gasteiger partial charge in [-0.15, -0.1) is 0 Å². The molecule has 0 aliphatic heterocycles. The Kier molecular flexibility index (Phi) is 3.68. The maximum atomic E-state index is 9.10. The summed E-state index contributed by atoms with van der Waals surface area (Å²) < 4.78 is 8.25. The highest BCUT2D eigenvalue weighted by atomic mass is 32.1. The van der Waals surface area contributed by atoms with E-state index in [1.165, 1.54) is 0 Å². The number of rotatable bonds is 0. The number of hydrogen-bond acceptors (Lipinski definition) is 7. The second-order valence-electron chi connectivity index (χ2n) is 4.16. The first-order valence-corrected chi connectivity index (χ1v) is 6.44. The van der Waals surface area contributed by atoms with Crippen molar-refractivity contribution in [2.24, 2.45) is 0 Å². The van der Waals surface area contributed by atoms with E-state index in [-0.39, 0.29) is 11.1 Å². The molecule has 0 amide bonds. The van der Waals surface area contributed by atoms with E-state index < -0.39 is 0 Å². The fourth-order valence-electron chi connectivity index (χ4n) is 2.13. The Hall–Kier alpha value is -3.20. The molecule has 0 bridgehead atoms. The minimum atomic E-state index is -0.0599. The van der Waals surface area contributed by atoms with Gasteiger partial charge in [0.2, 0.25) is 0 Å². The summed E-state index contributed by atoms with van der Waals surface area (Å²) in [5, 5.41) is 37.2. The summed E-state index contributed by atoms with van der Waals surface area (Å²) in [6.07, 6.45) is 0. The predicted molar refractivity (Wildman–Crippen MR) is 78.8 cm³/mol. The van der Waals surface area contributed by atoms with Crippen LogP contribution in [0.15, 0.2) is 0 Å². The zero-order valence-corrected chi connectivity index (χ0v) is 11.9. The average Bonchev–Trinajstić information content (AvgIpc) is 2.96. The Morgan fingerprint density at radius 1 is 0.905 bits per heavy atom. The fourth-order valence-corrected chi connectivity index (χ4v) is 2.69. The van der Waals surface area contributed by atoms with Crippen molar-refractivity contribution in [3.05, 3.63) is 16.0 Å². The summed E-state index contributed by atoms with van der Waals surface area (Å²) in [6, 6.07) is 7.40. The summed E-state index contributed by atoms with van der Waals surface area (Å²) in [7, 11) is 1.73. The van der Waals surface area contributed by atoms with Crippen LogP contribution in [0.3, 0.4) is 0 Å². The van der Waals surface area contributed by atoms with Crippen LogP contribution in [0.2, 0.25) is 0 Å². The SMILES string of the molecule is Bc1c(C)c(=C(C#N)C#N)c2nsnc2c1=C(C#N)C#N. The Balaban J connectivity index is 3.37. The predicted octanol–water partition coefficient (Wildman–Crippen LogP) is -1.35. The quantitative estimate of drug-likeness (QED) is 0.553. The van der Waals surface area contributed by atoms with E-state index in [4.69, 9.17) is 21.0 Å². The van der Waals surface area contributed by atoms with E-state index in [1.807, 2.05) is 24.3 Å². The minimum Gasteiger partial charge on any atom is -0.192 e. The lowest BCUT2D eigenvalue weighted by Gasteiger charge is -2.04. The maximum Gasteiger partial charge on any atom is 0.140 e. The van der Waals surface area contributed by atoms with Gasteiger partial charge < -0.3 is 0 Å². The third kappa shape index (κ3) is 2.01. The molecule has 8 heteroatoms. The molecule has 0 atom stereocenters. The molecule has 96 valence electrons. The smallest absolute Gasteiger partial charge is 0.140 e. The van der Waals surface area contributed by atoms with Crippen LogP contribution in [0.4, 0.5) is 0 Å². The Morgan fingerprint density at radius 2 is 1.33 bits per heavy atom. The van der Waals surface area contributed by atoms with Gasteiger partial charge in [0.15, 0.2) is 0 Å². The first kappa shape index (κ1) is 14.2. The molecule has 0 N–H and O–H groups in total. The number of nitrogens with zero attached hydrogens (tertiary/aromatic N) is 6.